The van der Waals surface area contributed by atoms with Gasteiger partial charge >= 0.3 is 5.97 Å². The van der Waals surface area contributed by atoms with Gasteiger partial charge < -0.3 is 13.9 Å². The van der Waals surface area contributed by atoms with Gasteiger partial charge in [-0.25, -0.2) is 0 Å². The SMILES string of the molecule is CC(C)(C)OC(=O)CC1=CCCc2c1cc1cc(OCc3ccccc3)ccn21. The van der Waals surface area contributed by atoms with Gasteiger partial charge in [0.15, 0.2) is 0 Å². The fourth-order valence-electron chi connectivity index (χ4n) is 3.77. The van der Waals surface area contributed by atoms with E-state index in [1.807, 2.05) is 45.0 Å². The van der Waals surface area contributed by atoms with Crippen molar-refractivity contribution < 1.29 is 14.3 Å². The second-order valence-electron chi connectivity index (χ2n) is 8.47. The van der Waals surface area contributed by atoms with Gasteiger partial charge in [-0.05, 0) is 62.4 Å². The van der Waals surface area contributed by atoms with Crippen LogP contribution < -0.4 is 4.74 Å². The molecule has 1 aliphatic carbocycles. The van der Waals surface area contributed by atoms with E-state index in [2.05, 4.69) is 40.9 Å². The highest BCUT2D eigenvalue weighted by atomic mass is 16.6. The van der Waals surface area contributed by atoms with Crippen molar-refractivity contribution in [3.8, 4) is 5.75 Å². The number of hydrogen-bond acceptors (Lipinski definition) is 3. The maximum absolute atomic E-state index is 12.3. The van der Waals surface area contributed by atoms with Crippen LogP contribution in [0.5, 0.6) is 5.75 Å². The largest absolute Gasteiger partial charge is 0.489 e. The van der Waals surface area contributed by atoms with Crippen molar-refractivity contribution in [2.75, 3.05) is 0 Å². The molecule has 0 bridgehead atoms. The Bertz CT molecular complexity index is 1050. The van der Waals surface area contributed by atoms with Gasteiger partial charge in [-0.15, -0.1) is 0 Å². The highest BCUT2D eigenvalue weighted by molar-refractivity contribution is 5.88. The molecular weight excluding hydrogens is 362 g/mol. The van der Waals surface area contributed by atoms with Gasteiger partial charge in [0.05, 0.1) is 6.42 Å². The number of allylic oxidation sites excluding steroid dienone is 1. The van der Waals surface area contributed by atoms with Gasteiger partial charge in [-0.3, -0.25) is 4.79 Å². The van der Waals surface area contributed by atoms with Gasteiger partial charge in [0, 0.05) is 23.5 Å². The maximum atomic E-state index is 12.3. The molecule has 150 valence electrons. The highest BCUT2D eigenvalue weighted by Crippen LogP contribution is 2.33. The molecule has 0 spiro atoms. The molecule has 1 aliphatic rings. The van der Waals surface area contributed by atoms with Crippen LogP contribution in [0, 0.1) is 0 Å². The molecule has 0 N–H and O–H groups in total. The lowest BCUT2D eigenvalue weighted by Crippen LogP contribution is -2.24. The van der Waals surface area contributed by atoms with Crippen LogP contribution in [-0.4, -0.2) is 16.0 Å². The summed E-state index contributed by atoms with van der Waals surface area (Å²) in [5, 5.41) is 0. The fourth-order valence-corrected chi connectivity index (χ4v) is 3.77. The minimum atomic E-state index is -0.467. The molecule has 0 unspecified atom stereocenters. The first kappa shape index (κ1) is 19.3. The van der Waals surface area contributed by atoms with Gasteiger partial charge in [0.2, 0.25) is 0 Å². The minimum Gasteiger partial charge on any atom is -0.489 e. The highest BCUT2D eigenvalue weighted by Gasteiger charge is 2.22. The Balaban J connectivity index is 1.54. The van der Waals surface area contributed by atoms with Crippen LogP contribution >= 0.6 is 0 Å². The van der Waals surface area contributed by atoms with E-state index in [1.54, 1.807) is 0 Å². The molecule has 29 heavy (non-hydrogen) atoms. The Morgan fingerprint density at radius 3 is 2.66 bits per heavy atom. The van der Waals surface area contributed by atoms with Crippen LogP contribution in [0.15, 0.2) is 60.8 Å². The molecule has 2 heterocycles. The number of carbonyl (C=O) groups excluding carboxylic acids is 1. The van der Waals surface area contributed by atoms with Gasteiger partial charge in [0.1, 0.15) is 18.0 Å². The first-order valence-electron chi connectivity index (χ1n) is 10.1. The van der Waals surface area contributed by atoms with E-state index in [9.17, 15) is 4.79 Å². The van der Waals surface area contributed by atoms with Crippen LogP contribution in [0.25, 0.3) is 11.1 Å². The summed E-state index contributed by atoms with van der Waals surface area (Å²) < 4.78 is 13.7. The number of pyridine rings is 1. The number of aromatic nitrogens is 1. The molecule has 0 saturated carbocycles. The van der Waals surface area contributed by atoms with Crippen molar-refractivity contribution in [2.45, 2.75) is 52.2 Å². The second-order valence-corrected chi connectivity index (χ2v) is 8.47. The van der Waals surface area contributed by atoms with Crippen LogP contribution in [0.1, 0.15) is 50.4 Å². The normalized spacial score (nSPS) is 13.7. The van der Waals surface area contributed by atoms with Gasteiger partial charge in [0.25, 0.3) is 0 Å². The monoisotopic (exact) mass is 389 g/mol. The van der Waals surface area contributed by atoms with Crippen LogP contribution in [0.4, 0.5) is 0 Å². The average molecular weight is 389 g/mol. The first-order valence-corrected chi connectivity index (χ1v) is 10.1. The standard InChI is InChI=1S/C25H27NO3/c1-25(2,3)29-24(27)14-19-10-7-11-23-22(19)16-20-15-21(12-13-26(20)23)28-17-18-8-5-4-6-9-18/h4-6,8-10,12-13,15-16H,7,11,14,17H2,1-3H3. The quantitative estimate of drug-likeness (QED) is 0.535. The van der Waals surface area contributed by atoms with E-state index in [1.165, 1.54) is 5.69 Å². The van der Waals surface area contributed by atoms with Crippen molar-refractivity contribution in [3.63, 3.8) is 0 Å². The Morgan fingerprint density at radius 1 is 1.10 bits per heavy atom. The Hall–Kier alpha value is -3.01. The summed E-state index contributed by atoms with van der Waals surface area (Å²) in [5.74, 6) is 0.660. The third kappa shape index (κ3) is 4.53. The summed E-state index contributed by atoms with van der Waals surface area (Å²) in [4.78, 5) is 12.3. The molecule has 4 rings (SSSR count). The fraction of sp³-hybridized carbons (Fsp3) is 0.320. The molecule has 4 nitrogen and oxygen atoms in total. The molecule has 0 fully saturated rings. The Labute approximate surface area is 171 Å². The summed E-state index contributed by atoms with van der Waals surface area (Å²) in [6, 6.07) is 16.4. The summed E-state index contributed by atoms with van der Waals surface area (Å²) in [5.41, 5.74) is 5.20. The van der Waals surface area contributed by atoms with Crippen molar-refractivity contribution in [2.24, 2.45) is 0 Å². The van der Waals surface area contributed by atoms with E-state index in [0.717, 1.165) is 40.8 Å². The summed E-state index contributed by atoms with van der Waals surface area (Å²) in [6.45, 7) is 6.24. The number of hydrogen-bond donors (Lipinski definition) is 0. The van der Waals surface area contributed by atoms with E-state index in [4.69, 9.17) is 9.47 Å². The topological polar surface area (TPSA) is 39.9 Å². The lowest BCUT2D eigenvalue weighted by Gasteiger charge is -2.21. The van der Waals surface area contributed by atoms with Gasteiger partial charge in [-0.2, -0.15) is 0 Å². The number of rotatable bonds is 5. The Morgan fingerprint density at radius 2 is 1.90 bits per heavy atom. The van der Waals surface area contributed by atoms with Crippen LogP contribution in [0.2, 0.25) is 0 Å². The van der Waals surface area contributed by atoms with E-state index < -0.39 is 5.60 Å². The molecule has 4 heteroatoms. The number of esters is 1. The number of ether oxygens (including phenoxy) is 2. The lowest BCUT2D eigenvalue weighted by atomic mass is 9.94. The number of aryl methyl sites for hydroxylation is 1. The summed E-state index contributed by atoms with van der Waals surface area (Å²) in [7, 11) is 0. The number of benzene rings is 1. The van der Waals surface area contributed by atoms with Crippen molar-refractivity contribution >= 4 is 17.1 Å². The van der Waals surface area contributed by atoms with Crippen molar-refractivity contribution in [1.82, 2.24) is 4.40 Å². The molecular formula is C25H27NO3. The molecule has 0 saturated heterocycles. The molecule has 3 aromatic rings. The molecule has 1 aromatic carbocycles. The maximum Gasteiger partial charge on any atom is 0.310 e. The van der Waals surface area contributed by atoms with E-state index >= 15 is 0 Å². The summed E-state index contributed by atoms with van der Waals surface area (Å²) >= 11 is 0. The number of fused-ring (bicyclic) bond motifs is 3. The van der Waals surface area contributed by atoms with E-state index in [0.29, 0.717) is 13.0 Å². The number of carbonyl (C=O) groups is 1. The zero-order valence-corrected chi connectivity index (χ0v) is 17.3. The average Bonchev–Trinajstić information content (AvgIpc) is 3.05. The lowest BCUT2D eigenvalue weighted by molar-refractivity contribution is -0.153. The molecule has 0 amide bonds. The van der Waals surface area contributed by atoms with Gasteiger partial charge in [-0.1, -0.05) is 36.4 Å². The van der Waals surface area contributed by atoms with E-state index in [-0.39, 0.29) is 5.97 Å². The predicted octanol–water partition coefficient (Wildman–Crippen LogP) is 5.58. The smallest absolute Gasteiger partial charge is 0.310 e. The Kier molecular flexibility index (Phi) is 5.18. The molecule has 0 aliphatic heterocycles. The molecule has 2 aromatic heterocycles. The number of nitrogens with zero attached hydrogens (tertiary/aromatic N) is 1. The molecule has 0 atom stereocenters. The second kappa shape index (κ2) is 7.78. The van der Waals surface area contributed by atoms with Crippen molar-refractivity contribution in [3.05, 3.63) is 77.6 Å². The van der Waals surface area contributed by atoms with Crippen LogP contribution in [0.3, 0.4) is 0 Å². The first-order chi connectivity index (χ1) is 13.9. The van der Waals surface area contributed by atoms with Crippen molar-refractivity contribution in [1.29, 1.82) is 0 Å². The van der Waals surface area contributed by atoms with Crippen LogP contribution in [-0.2, 0) is 22.6 Å². The minimum absolute atomic E-state index is 0.182. The summed E-state index contributed by atoms with van der Waals surface area (Å²) in [6.07, 6.45) is 6.43. The zero-order chi connectivity index (χ0) is 20.4. The third-order valence-corrected chi connectivity index (χ3v) is 4.97. The third-order valence-electron chi connectivity index (χ3n) is 4.97. The predicted molar refractivity (Wildman–Crippen MR) is 115 cm³/mol. The zero-order valence-electron chi connectivity index (χ0n) is 17.3. The molecule has 0 radical (unpaired) electrons.